The number of rotatable bonds is 6. The molecule has 124 valence electrons. The monoisotopic (exact) mass is 321 g/mol. The molecule has 7 heteroatoms. The SMILES string of the molecule is [2H]C([2H])(C#CC)Oc1ccc(C(=O)N[C@H](C(=O)NO)C(C)(C)N)cc1. The van der Waals surface area contributed by atoms with Gasteiger partial charge < -0.3 is 15.8 Å². The number of ether oxygens (including phenoxy) is 1. The molecule has 0 spiro atoms. The highest BCUT2D eigenvalue weighted by atomic mass is 16.5. The molecule has 1 atom stereocenters. The Morgan fingerprint density at radius 1 is 1.43 bits per heavy atom. The number of benzene rings is 1. The van der Waals surface area contributed by atoms with E-state index in [-0.39, 0.29) is 11.3 Å². The van der Waals surface area contributed by atoms with E-state index in [1.165, 1.54) is 50.5 Å². The van der Waals surface area contributed by atoms with Crippen molar-refractivity contribution in [2.45, 2.75) is 32.4 Å². The van der Waals surface area contributed by atoms with Crippen LogP contribution in [0.15, 0.2) is 24.3 Å². The summed E-state index contributed by atoms with van der Waals surface area (Å²) in [6.45, 7) is 2.40. The number of hydrogen-bond acceptors (Lipinski definition) is 5. The van der Waals surface area contributed by atoms with E-state index in [4.69, 9.17) is 18.4 Å². The van der Waals surface area contributed by atoms with Gasteiger partial charge in [0.1, 0.15) is 18.4 Å². The third kappa shape index (κ3) is 5.62. The second-order valence-corrected chi connectivity index (χ2v) is 5.31. The Kier molecular flexibility index (Phi) is 5.45. The third-order valence-corrected chi connectivity index (χ3v) is 2.85. The molecular formula is C16H21N3O4. The van der Waals surface area contributed by atoms with Crippen LogP contribution in [0.3, 0.4) is 0 Å². The Labute approximate surface area is 138 Å². The van der Waals surface area contributed by atoms with E-state index in [1.54, 1.807) is 0 Å². The van der Waals surface area contributed by atoms with Crippen LogP contribution in [0.5, 0.6) is 5.75 Å². The summed E-state index contributed by atoms with van der Waals surface area (Å²) in [7, 11) is 0. The average Bonchev–Trinajstić information content (AvgIpc) is 2.50. The van der Waals surface area contributed by atoms with Gasteiger partial charge in [-0.15, -0.1) is 5.92 Å². The van der Waals surface area contributed by atoms with E-state index in [2.05, 4.69) is 17.2 Å². The molecule has 0 radical (unpaired) electrons. The minimum atomic E-state index is -2.15. The molecule has 1 aromatic carbocycles. The first kappa shape index (κ1) is 15.3. The molecule has 1 rings (SSSR count). The number of hydroxylamine groups is 1. The van der Waals surface area contributed by atoms with Crippen LogP contribution in [-0.2, 0) is 4.79 Å². The maximum absolute atomic E-state index is 12.3. The molecule has 0 aromatic heterocycles. The predicted molar refractivity (Wildman–Crippen MR) is 84.8 cm³/mol. The Morgan fingerprint density at radius 2 is 2.04 bits per heavy atom. The second-order valence-electron chi connectivity index (χ2n) is 5.31. The molecule has 1 aromatic rings. The van der Waals surface area contributed by atoms with Crippen molar-refractivity contribution in [2.24, 2.45) is 5.73 Å². The lowest BCUT2D eigenvalue weighted by atomic mass is 9.95. The van der Waals surface area contributed by atoms with Gasteiger partial charge in [-0.05, 0) is 45.0 Å². The topological polar surface area (TPSA) is 114 Å². The molecule has 0 aliphatic carbocycles. The lowest BCUT2D eigenvalue weighted by Crippen LogP contribution is -2.61. The summed E-state index contributed by atoms with van der Waals surface area (Å²) in [5.74, 6) is 3.45. The number of carbonyl (C=O) groups excluding carboxylic acids is 2. The van der Waals surface area contributed by atoms with Crippen LogP contribution < -0.4 is 21.3 Å². The normalized spacial score (nSPS) is 13.6. The minimum Gasteiger partial charge on any atom is -0.481 e. The van der Waals surface area contributed by atoms with Gasteiger partial charge in [-0.2, -0.15) is 0 Å². The largest absolute Gasteiger partial charge is 0.481 e. The fourth-order valence-corrected chi connectivity index (χ4v) is 1.68. The van der Waals surface area contributed by atoms with Gasteiger partial charge in [-0.25, -0.2) is 5.48 Å². The Bertz CT molecular complexity index is 688. The van der Waals surface area contributed by atoms with Crippen LogP contribution in [0.25, 0.3) is 0 Å². The second kappa shape index (κ2) is 8.17. The average molecular weight is 321 g/mol. The minimum absolute atomic E-state index is 0.188. The van der Waals surface area contributed by atoms with Crippen molar-refractivity contribution in [2.75, 3.05) is 6.56 Å². The van der Waals surface area contributed by atoms with E-state index < -0.39 is 30.0 Å². The first-order chi connectivity index (χ1) is 11.5. The highest BCUT2D eigenvalue weighted by Crippen LogP contribution is 2.13. The van der Waals surface area contributed by atoms with Crippen molar-refractivity contribution in [1.29, 1.82) is 0 Å². The third-order valence-electron chi connectivity index (χ3n) is 2.85. The molecule has 7 nitrogen and oxygen atoms in total. The first-order valence-electron chi connectivity index (χ1n) is 7.77. The van der Waals surface area contributed by atoms with Crippen LogP contribution in [0.2, 0.25) is 0 Å². The molecular weight excluding hydrogens is 298 g/mol. The zero-order chi connectivity index (χ0) is 19.3. The first-order valence-corrected chi connectivity index (χ1v) is 6.77. The molecule has 2 amide bonds. The van der Waals surface area contributed by atoms with Gasteiger partial charge in [-0.1, -0.05) is 5.92 Å². The fourth-order valence-electron chi connectivity index (χ4n) is 1.68. The van der Waals surface area contributed by atoms with Crippen molar-refractivity contribution in [3.05, 3.63) is 29.8 Å². The van der Waals surface area contributed by atoms with Gasteiger partial charge in [0.05, 0.1) is 2.74 Å². The van der Waals surface area contributed by atoms with Gasteiger partial charge in [0.25, 0.3) is 11.8 Å². The molecule has 0 aliphatic heterocycles. The molecule has 0 saturated heterocycles. The summed E-state index contributed by atoms with van der Waals surface area (Å²) < 4.78 is 20.2. The fraction of sp³-hybridized carbons (Fsp3) is 0.375. The Balaban J connectivity index is 2.89. The molecule has 5 N–H and O–H groups in total. The standard InChI is InChI=1S/C16H21N3O4/c1-4-5-10-23-12-8-6-11(7-9-12)14(20)18-13(15(21)19-22)16(2,3)17/h6-9,13,22H,10,17H2,1-3H3,(H,18,20)(H,19,21)/t13-/m1/s1/i10D2. The van der Waals surface area contributed by atoms with Crippen molar-refractivity contribution in [3.63, 3.8) is 0 Å². The maximum atomic E-state index is 12.3. The summed E-state index contributed by atoms with van der Waals surface area (Å²) >= 11 is 0. The van der Waals surface area contributed by atoms with Crippen molar-refractivity contribution in [1.82, 2.24) is 10.8 Å². The number of carbonyl (C=O) groups is 2. The zero-order valence-electron chi connectivity index (χ0n) is 15.1. The summed E-state index contributed by atoms with van der Waals surface area (Å²) in [4.78, 5) is 23.9. The van der Waals surface area contributed by atoms with Gasteiger partial charge in [-0.3, -0.25) is 14.8 Å². The van der Waals surface area contributed by atoms with Gasteiger partial charge in [0.2, 0.25) is 0 Å². The maximum Gasteiger partial charge on any atom is 0.267 e. The number of amides is 2. The summed E-state index contributed by atoms with van der Waals surface area (Å²) in [6, 6.07) is 4.45. The smallest absolute Gasteiger partial charge is 0.267 e. The van der Waals surface area contributed by atoms with Crippen LogP contribution >= 0.6 is 0 Å². The van der Waals surface area contributed by atoms with Gasteiger partial charge >= 0.3 is 0 Å². The van der Waals surface area contributed by atoms with E-state index >= 15 is 0 Å². The van der Waals surface area contributed by atoms with Gasteiger partial charge in [0.15, 0.2) is 0 Å². The van der Waals surface area contributed by atoms with E-state index in [1.807, 2.05) is 0 Å². The molecule has 0 bridgehead atoms. The van der Waals surface area contributed by atoms with Crippen LogP contribution in [0.1, 0.15) is 33.9 Å². The summed E-state index contributed by atoms with van der Waals surface area (Å²) in [5.41, 5.74) is 6.40. The predicted octanol–water partition coefficient (Wildman–Crippen LogP) is 0.430. The van der Waals surface area contributed by atoms with Crippen LogP contribution in [0, 0.1) is 11.8 Å². The molecule has 0 aliphatic rings. The Hall–Kier alpha value is -2.56. The molecule has 0 heterocycles. The highest BCUT2D eigenvalue weighted by Gasteiger charge is 2.33. The number of nitrogens with two attached hydrogens (primary N) is 1. The van der Waals surface area contributed by atoms with E-state index in [0.717, 1.165) is 0 Å². The van der Waals surface area contributed by atoms with Crippen molar-refractivity contribution in [3.8, 4) is 17.6 Å². The lowest BCUT2D eigenvalue weighted by Gasteiger charge is -2.29. The summed E-state index contributed by atoms with van der Waals surface area (Å²) in [5, 5.41) is 11.2. The van der Waals surface area contributed by atoms with Crippen molar-refractivity contribution >= 4 is 11.8 Å². The molecule has 0 fully saturated rings. The number of hydrogen-bond donors (Lipinski definition) is 4. The van der Waals surface area contributed by atoms with E-state index in [9.17, 15) is 9.59 Å². The highest BCUT2D eigenvalue weighted by molar-refractivity contribution is 5.97. The zero-order valence-corrected chi connectivity index (χ0v) is 13.1. The van der Waals surface area contributed by atoms with Gasteiger partial charge in [0, 0.05) is 11.1 Å². The molecule has 0 saturated carbocycles. The quantitative estimate of drug-likeness (QED) is 0.345. The Morgan fingerprint density at radius 3 is 2.52 bits per heavy atom. The molecule has 0 unspecified atom stereocenters. The summed E-state index contributed by atoms with van der Waals surface area (Å²) in [6.07, 6.45) is 0. The molecule has 23 heavy (non-hydrogen) atoms. The lowest BCUT2D eigenvalue weighted by molar-refractivity contribution is -0.132. The van der Waals surface area contributed by atoms with E-state index in [0.29, 0.717) is 0 Å². The van der Waals surface area contributed by atoms with Crippen LogP contribution in [-0.4, -0.2) is 35.2 Å². The number of nitrogens with one attached hydrogen (secondary N) is 2. The van der Waals surface area contributed by atoms with Crippen molar-refractivity contribution < 1.29 is 22.3 Å². The van der Waals surface area contributed by atoms with Crippen LogP contribution in [0.4, 0.5) is 0 Å².